The molecule has 3 rings (SSSR count). The van der Waals surface area contributed by atoms with Gasteiger partial charge in [-0.15, -0.1) is 6.58 Å². The van der Waals surface area contributed by atoms with Crippen LogP contribution in [-0.2, 0) is 24.2 Å². The third kappa shape index (κ3) is 7.10. The Bertz CT molecular complexity index is 1380. The quantitative estimate of drug-likeness (QED) is 0.191. The molecule has 0 bridgehead atoms. The molecule has 0 heterocycles. The Hall–Kier alpha value is -4.81. The zero-order chi connectivity index (χ0) is 26.6. The van der Waals surface area contributed by atoms with Gasteiger partial charge in [0, 0.05) is 16.8 Å². The van der Waals surface area contributed by atoms with Gasteiger partial charge in [0.1, 0.15) is 18.2 Å². The second-order valence-corrected chi connectivity index (χ2v) is 8.17. The maximum absolute atomic E-state index is 12.8. The maximum Gasteiger partial charge on any atom is 0.266 e. The zero-order valence-corrected chi connectivity index (χ0v) is 21.1. The zero-order valence-electron chi connectivity index (χ0n) is 21.1. The number of allylic oxidation sites excluding steroid dienone is 1. The number of anilines is 1. The van der Waals surface area contributed by atoms with E-state index in [0.717, 1.165) is 23.1 Å². The van der Waals surface area contributed by atoms with Crippen molar-refractivity contribution in [2.45, 2.75) is 33.3 Å². The molecule has 6 heteroatoms. The molecule has 0 fully saturated rings. The second-order valence-electron chi connectivity index (χ2n) is 8.17. The van der Waals surface area contributed by atoms with Crippen molar-refractivity contribution < 1.29 is 14.3 Å². The van der Waals surface area contributed by atoms with Crippen molar-refractivity contribution in [3.05, 3.63) is 107 Å². The van der Waals surface area contributed by atoms with E-state index >= 15 is 0 Å². The van der Waals surface area contributed by atoms with E-state index in [1.807, 2.05) is 55.5 Å². The Morgan fingerprint density at radius 3 is 2.43 bits per heavy atom. The van der Waals surface area contributed by atoms with Crippen molar-refractivity contribution in [1.82, 2.24) is 0 Å². The van der Waals surface area contributed by atoms with E-state index in [2.05, 4.69) is 24.9 Å². The first-order chi connectivity index (χ1) is 18.0. The molecule has 0 aromatic heterocycles. The van der Waals surface area contributed by atoms with Gasteiger partial charge in [0.2, 0.25) is 0 Å². The predicted octanol–water partition coefficient (Wildman–Crippen LogP) is 6.37. The topological polar surface area (TPSA) is 95.1 Å². The lowest BCUT2D eigenvalue weighted by Gasteiger charge is -2.17. The monoisotopic (exact) mass is 491 g/mol. The molecule has 6 nitrogen and oxygen atoms in total. The van der Waals surface area contributed by atoms with Crippen LogP contribution in [0.2, 0.25) is 0 Å². The van der Waals surface area contributed by atoms with E-state index in [9.17, 15) is 15.3 Å². The van der Waals surface area contributed by atoms with E-state index in [-0.39, 0.29) is 12.2 Å². The van der Waals surface area contributed by atoms with E-state index < -0.39 is 5.91 Å². The summed E-state index contributed by atoms with van der Waals surface area (Å²) >= 11 is 0. The lowest BCUT2D eigenvalue weighted by molar-refractivity contribution is -0.112. The molecule has 0 unspecified atom stereocenters. The first-order valence-electron chi connectivity index (χ1n) is 12.1. The van der Waals surface area contributed by atoms with Crippen molar-refractivity contribution in [1.29, 1.82) is 10.5 Å². The molecule has 37 heavy (non-hydrogen) atoms. The molecule has 3 aromatic carbocycles. The Morgan fingerprint density at radius 2 is 1.78 bits per heavy atom. The fourth-order valence-corrected chi connectivity index (χ4v) is 3.74. The summed E-state index contributed by atoms with van der Waals surface area (Å²) in [4.78, 5) is 12.8. The van der Waals surface area contributed by atoms with E-state index in [1.165, 1.54) is 6.08 Å². The molecule has 0 radical (unpaired) electrons. The summed E-state index contributed by atoms with van der Waals surface area (Å²) < 4.78 is 12.0. The molecule has 0 saturated carbocycles. The first-order valence-corrected chi connectivity index (χ1v) is 12.1. The molecule has 0 aliphatic carbocycles. The standard InChI is InChI=1S/C31H29N3O3/c1-4-9-24-16-23(17-27(20-33)31(35)34-28-14-12-22(5-2)13-15-28)18-29(36-6-3)30(24)37-21-26-11-8-7-10-25(26)19-32/h4,7-8,10-18H,1,5-6,9,21H2,2-3H3,(H,34,35)/b27-17+. The normalized spacial score (nSPS) is 10.6. The molecular formula is C31H29N3O3. The van der Waals surface area contributed by atoms with Crippen LogP contribution in [0.3, 0.4) is 0 Å². The van der Waals surface area contributed by atoms with Gasteiger partial charge in [-0.25, -0.2) is 0 Å². The molecule has 186 valence electrons. The van der Waals surface area contributed by atoms with Gasteiger partial charge in [0.25, 0.3) is 5.91 Å². The highest BCUT2D eigenvalue weighted by Gasteiger charge is 2.16. The molecule has 1 amide bonds. The van der Waals surface area contributed by atoms with Gasteiger partial charge in [-0.2, -0.15) is 10.5 Å². The Labute approximate surface area is 218 Å². The summed E-state index contributed by atoms with van der Waals surface area (Å²) in [5, 5.41) is 21.9. The Kier molecular flexibility index (Phi) is 9.65. The minimum atomic E-state index is -0.497. The van der Waals surface area contributed by atoms with Gasteiger partial charge < -0.3 is 14.8 Å². The van der Waals surface area contributed by atoms with Gasteiger partial charge in [0.15, 0.2) is 11.5 Å². The summed E-state index contributed by atoms with van der Waals surface area (Å²) in [6, 6.07) is 22.5. The number of aryl methyl sites for hydroxylation is 1. The van der Waals surface area contributed by atoms with Crippen LogP contribution in [0.1, 0.15) is 41.7 Å². The van der Waals surface area contributed by atoms with Crippen molar-refractivity contribution in [2.75, 3.05) is 11.9 Å². The van der Waals surface area contributed by atoms with Crippen molar-refractivity contribution in [3.8, 4) is 23.6 Å². The second kappa shape index (κ2) is 13.3. The number of amides is 1. The third-order valence-corrected chi connectivity index (χ3v) is 5.62. The summed E-state index contributed by atoms with van der Waals surface area (Å²) in [6.07, 6.45) is 4.65. The van der Waals surface area contributed by atoms with Crippen molar-refractivity contribution in [2.24, 2.45) is 0 Å². The van der Waals surface area contributed by atoms with Crippen molar-refractivity contribution >= 4 is 17.7 Å². The molecule has 0 spiro atoms. The predicted molar refractivity (Wildman–Crippen MR) is 145 cm³/mol. The number of hydrogen-bond donors (Lipinski definition) is 1. The fraction of sp³-hybridized carbons (Fsp3) is 0.194. The van der Waals surface area contributed by atoms with Crippen LogP contribution in [-0.4, -0.2) is 12.5 Å². The number of hydrogen-bond acceptors (Lipinski definition) is 5. The molecule has 3 aromatic rings. The summed E-state index contributed by atoms with van der Waals surface area (Å²) in [6.45, 7) is 8.34. The van der Waals surface area contributed by atoms with E-state index in [0.29, 0.717) is 41.3 Å². The molecule has 0 atom stereocenters. The number of carbonyl (C=O) groups is 1. The number of rotatable bonds is 11. The van der Waals surface area contributed by atoms with Crippen LogP contribution in [0.5, 0.6) is 11.5 Å². The van der Waals surface area contributed by atoms with Gasteiger partial charge in [-0.1, -0.05) is 43.3 Å². The van der Waals surface area contributed by atoms with E-state index in [1.54, 1.807) is 24.3 Å². The van der Waals surface area contributed by atoms with Crippen LogP contribution < -0.4 is 14.8 Å². The van der Waals surface area contributed by atoms with Gasteiger partial charge in [-0.3, -0.25) is 4.79 Å². The number of nitrogens with zero attached hydrogens (tertiary/aromatic N) is 2. The minimum absolute atomic E-state index is 0.0387. The highest BCUT2D eigenvalue weighted by Crippen LogP contribution is 2.35. The van der Waals surface area contributed by atoms with Gasteiger partial charge >= 0.3 is 0 Å². The minimum Gasteiger partial charge on any atom is -0.490 e. The summed E-state index contributed by atoms with van der Waals surface area (Å²) in [5.74, 6) is 0.518. The number of benzene rings is 3. The largest absolute Gasteiger partial charge is 0.490 e. The molecule has 0 saturated heterocycles. The lowest BCUT2D eigenvalue weighted by Crippen LogP contribution is -2.13. The average Bonchev–Trinajstić information content (AvgIpc) is 2.92. The molecular weight excluding hydrogens is 462 g/mol. The van der Waals surface area contributed by atoms with Gasteiger partial charge in [-0.05, 0) is 67.3 Å². The third-order valence-electron chi connectivity index (χ3n) is 5.62. The van der Waals surface area contributed by atoms with Crippen LogP contribution in [0, 0.1) is 22.7 Å². The Morgan fingerprint density at radius 1 is 1.03 bits per heavy atom. The number of nitrogens with one attached hydrogen (secondary N) is 1. The lowest BCUT2D eigenvalue weighted by atomic mass is 10.0. The maximum atomic E-state index is 12.8. The number of carbonyl (C=O) groups excluding carboxylic acids is 1. The number of nitriles is 2. The van der Waals surface area contributed by atoms with Crippen LogP contribution in [0.4, 0.5) is 5.69 Å². The summed E-state index contributed by atoms with van der Waals surface area (Å²) in [7, 11) is 0. The smallest absolute Gasteiger partial charge is 0.266 e. The number of ether oxygens (including phenoxy) is 2. The highest BCUT2D eigenvalue weighted by molar-refractivity contribution is 6.09. The highest BCUT2D eigenvalue weighted by atomic mass is 16.5. The molecule has 0 aliphatic rings. The van der Waals surface area contributed by atoms with Crippen LogP contribution in [0.25, 0.3) is 6.08 Å². The van der Waals surface area contributed by atoms with Crippen LogP contribution >= 0.6 is 0 Å². The molecule has 0 aliphatic heterocycles. The molecule has 1 N–H and O–H groups in total. The Balaban J connectivity index is 1.93. The first kappa shape index (κ1) is 26.8. The van der Waals surface area contributed by atoms with Crippen LogP contribution in [0.15, 0.2) is 78.9 Å². The summed E-state index contributed by atoms with van der Waals surface area (Å²) in [5.41, 5.74) is 4.45. The SMILES string of the molecule is C=CCc1cc(/C=C(\C#N)C(=O)Nc2ccc(CC)cc2)cc(OCC)c1OCc1ccccc1C#N. The fourth-order valence-electron chi connectivity index (χ4n) is 3.74. The van der Waals surface area contributed by atoms with Crippen molar-refractivity contribution in [3.63, 3.8) is 0 Å². The van der Waals surface area contributed by atoms with E-state index in [4.69, 9.17) is 9.47 Å². The van der Waals surface area contributed by atoms with Gasteiger partial charge in [0.05, 0.1) is 18.2 Å². The average molecular weight is 492 g/mol.